The molecule has 2 aliphatic rings. The van der Waals surface area contributed by atoms with Gasteiger partial charge in [-0.1, -0.05) is 23.7 Å². The van der Waals surface area contributed by atoms with Crippen molar-refractivity contribution >= 4 is 29.4 Å². The van der Waals surface area contributed by atoms with Gasteiger partial charge >= 0.3 is 12.1 Å². The fourth-order valence-electron chi connectivity index (χ4n) is 4.67. The quantitative estimate of drug-likeness (QED) is 0.513. The zero-order valence-corrected chi connectivity index (χ0v) is 20.6. The maximum Gasteiger partial charge on any atom is 0.410 e. The van der Waals surface area contributed by atoms with Gasteiger partial charge in [-0.2, -0.15) is 0 Å². The third-order valence-corrected chi connectivity index (χ3v) is 6.54. The van der Waals surface area contributed by atoms with Gasteiger partial charge in [-0.05, 0) is 75.1 Å². The first-order valence-corrected chi connectivity index (χ1v) is 12.1. The van der Waals surface area contributed by atoms with Gasteiger partial charge in [-0.3, -0.25) is 0 Å². The summed E-state index contributed by atoms with van der Waals surface area (Å²) in [4.78, 5) is 28.8. The van der Waals surface area contributed by atoms with E-state index in [4.69, 9.17) is 25.8 Å². The third kappa shape index (κ3) is 5.41. The van der Waals surface area contributed by atoms with Gasteiger partial charge in [0, 0.05) is 29.3 Å². The van der Waals surface area contributed by atoms with Crippen molar-refractivity contribution in [2.75, 3.05) is 31.2 Å². The van der Waals surface area contributed by atoms with Crippen LogP contribution in [0, 0.1) is 0 Å². The number of fused-ring (bicyclic) bond motifs is 1. The minimum atomic E-state index is -0.397. The number of anilines is 1. The van der Waals surface area contributed by atoms with Crippen LogP contribution >= 0.6 is 11.6 Å². The molecule has 0 saturated carbocycles. The van der Waals surface area contributed by atoms with Gasteiger partial charge in [0.25, 0.3) is 0 Å². The molecular weight excluding hydrogens is 456 g/mol. The number of ether oxygens (including phenoxy) is 3. The molecule has 0 aliphatic carbocycles. The number of halogens is 1. The van der Waals surface area contributed by atoms with Crippen LogP contribution in [0.5, 0.6) is 5.75 Å². The Balaban J connectivity index is 1.54. The maximum absolute atomic E-state index is 12.9. The summed E-state index contributed by atoms with van der Waals surface area (Å²) in [5.41, 5.74) is 3.10. The van der Waals surface area contributed by atoms with Gasteiger partial charge in [0.05, 0.1) is 13.2 Å². The van der Waals surface area contributed by atoms with E-state index in [1.807, 2.05) is 47.4 Å². The average Bonchev–Trinajstić information content (AvgIpc) is 3.08. The molecule has 0 aromatic heterocycles. The Bertz CT molecular complexity index is 1040. The van der Waals surface area contributed by atoms with Gasteiger partial charge in [-0.25, -0.2) is 9.59 Å². The number of cyclic esters (lactones) is 1. The van der Waals surface area contributed by atoms with Gasteiger partial charge in [0.2, 0.25) is 0 Å². The van der Waals surface area contributed by atoms with E-state index in [9.17, 15) is 9.59 Å². The lowest BCUT2D eigenvalue weighted by Gasteiger charge is -2.29. The largest absolute Gasteiger partial charge is 0.482 e. The highest BCUT2D eigenvalue weighted by Crippen LogP contribution is 2.36. The molecule has 0 bridgehead atoms. The number of carbonyl (C=O) groups excluding carboxylic acids is 2. The first-order chi connectivity index (χ1) is 16.4. The fourth-order valence-corrected chi connectivity index (χ4v) is 4.86. The molecule has 2 aromatic rings. The van der Waals surface area contributed by atoms with E-state index in [2.05, 4.69) is 18.7 Å². The molecule has 7 nitrogen and oxygen atoms in total. The van der Waals surface area contributed by atoms with Crippen molar-refractivity contribution in [2.24, 2.45) is 0 Å². The summed E-state index contributed by atoms with van der Waals surface area (Å²) in [7, 11) is 0. The highest BCUT2D eigenvalue weighted by atomic mass is 35.5. The number of rotatable bonds is 7. The Labute approximate surface area is 205 Å². The summed E-state index contributed by atoms with van der Waals surface area (Å²) in [6, 6.07) is 13.6. The first kappa shape index (κ1) is 24.2. The fraction of sp³-hybridized carbons (Fsp3) is 0.462. The van der Waals surface area contributed by atoms with Crippen LogP contribution in [-0.2, 0) is 20.7 Å². The zero-order chi connectivity index (χ0) is 24.2. The second-order valence-electron chi connectivity index (χ2n) is 8.90. The monoisotopic (exact) mass is 486 g/mol. The molecule has 2 aliphatic heterocycles. The van der Waals surface area contributed by atoms with Crippen LogP contribution in [0.15, 0.2) is 42.5 Å². The molecule has 0 radical (unpaired) electrons. The number of benzene rings is 2. The van der Waals surface area contributed by atoms with Crippen molar-refractivity contribution in [2.45, 2.75) is 51.8 Å². The summed E-state index contributed by atoms with van der Waals surface area (Å²) in [5.74, 6) is 0.211. The van der Waals surface area contributed by atoms with Crippen molar-refractivity contribution < 1.29 is 23.8 Å². The lowest BCUT2D eigenvalue weighted by molar-refractivity contribution is -0.145. The van der Waals surface area contributed by atoms with Crippen LogP contribution < -0.4 is 9.64 Å². The van der Waals surface area contributed by atoms with Crippen molar-refractivity contribution in [1.29, 1.82) is 0 Å². The predicted octanol–water partition coefficient (Wildman–Crippen LogP) is 5.01. The van der Waals surface area contributed by atoms with Crippen molar-refractivity contribution in [3.05, 3.63) is 58.6 Å². The topological polar surface area (TPSA) is 68.3 Å². The van der Waals surface area contributed by atoms with E-state index in [1.54, 1.807) is 6.92 Å². The van der Waals surface area contributed by atoms with E-state index < -0.39 is 5.97 Å². The molecular formula is C26H31ClN2O5. The van der Waals surface area contributed by atoms with E-state index in [1.165, 1.54) is 0 Å². The van der Waals surface area contributed by atoms with E-state index in [-0.39, 0.29) is 24.8 Å². The average molecular weight is 487 g/mol. The molecule has 8 heteroatoms. The first-order valence-electron chi connectivity index (χ1n) is 11.8. The normalized spacial score (nSPS) is 20.1. The van der Waals surface area contributed by atoms with Crippen molar-refractivity contribution in [3.8, 4) is 5.75 Å². The minimum absolute atomic E-state index is 0.0144. The van der Waals surface area contributed by atoms with Gasteiger partial charge in [0.15, 0.2) is 6.61 Å². The molecule has 2 aromatic carbocycles. The lowest BCUT2D eigenvalue weighted by atomic mass is 10.0. The Hall–Kier alpha value is -2.93. The smallest absolute Gasteiger partial charge is 0.410 e. The minimum Gasteiger partial charge on any atom is -0.482 e. The molecule has 2 atom stereocenters. The Morgan fingerprint density at radius 1 is 1.24 bits per heavy atom. The molecule has 182 valence electrons. The van der Waals surface area contributed by atoms with Crippen LogP contribution in [0.25, 0.3) is 0 Å². The van der Waals surface area contributed by atoms with E-state index in [0.717, 1.165) is 29.8 Å². The van der Waals surface area contributed by atoms with E-state index >= 15 is 0 Å². The molecule has 34 heavy (non-hydrogen) atoms. The number of hydrogen-bond donors (Lipinski definition) is 0. The predicted molar refractivity (Wildman–Crippen MR) is 131 cm³/mol. The van der Waals surface area contributed by atoms with Crippen LogP contribution in [-0.4, -0.2) is 55.3 Å². The molecule has 1 saturated heterocycles. The number of esters is 1. The zero-order valence-electron chi connectivity index (χ0n) is 19.8. The van der Waals surface area contributed by atoms with Crippen molar-refractivity contribution in [3.63, 3.8) is 0 Å². The number of hydrogen-bond acceptors (Lipinski definition) is 6. The molecule has 1 fully saturated rings. The number of nitrogens with zero attached hydrogens (tertiary/aromatic N) is 2. The lowest BCUT2D eigenvalue weighted by Crippen LogP contribution is -2.39. The number of carbonyl (C=O) groups is 2. The second kappa shape index (κ2) is 10.6. The SMILES string of the molecule is CCOC(=O)COc1ccc2c(c1)CC(N1C[C@@H](c3cccc(Cl)c3)OC1=O)CCN2C(C)C. The molecule has 0 N–H and O–H groups in total. The Morgan fingerprint density at radius 2 is 2.06 bits per heavy atom. The Morgan fingerprint density at radius 3 is 2.79 bits per heavy atom. The summed E-state index contributed by atoms with van der Waals surface area (Å²) in [5, 5.41) is 0.623. The summed E-state index contributed by atoms with van der Waals surface area (Å²) in [6.07, 6.45) is 0.856. The molecule has 1 unspecified atom stereocenters. The molecule has 4 rings (SSSR count). The summed E-state index contributed by atoms with van der Waals surface area (Å²) >= 11 is 6.15. The van der Waals surface area contributed by atoms with Crippen LogP contribution in [0.4, 0.5) is 10.5 Å². The molecule has 1 amide bonds. The molecule has 0 spiro atoms. The van der Waals surface area contributed by atoms with Crippen LogP contribution in [0.3, 0.4) is 0 Å². The molecule has 2 heterocycles. The van der Waals surface area contributed by atoms with Gasteiger partial charge in [-0.15, -0.1) is 0 Å². The summed E-state index contributed by atoms with van der Waals surface area (Å²) in [6.45, 7) is 7.58. The highest BCUT2D eigenvalue weighted by molar-refractivity contribution is 6.30. The Kier molecular flexibility index (Phi) is 7.51. The van der Waals surface area contributed by atoms with Gasteiger partial charge in [0.1, 0.15) is 11.9 Å². The summed E-state index contributed by atoms with van der Waals surface area (Å²) < 4.78 is 16.4. The van der Waals surface area contributed by atoms with E-state index in [0.29, 0.717) is 36.4 Å². The van der Waals surface area contributed by atoms with Crippen LogP contribution in [0.1, 0.15) is 44.4 Å². The van der Waals surface area contributed by atoms with Crippen LogP contribution in [0.2, 0.25) is 5.02 Å². The highest BCUT2D eigenvalue weighted by Gasteiger charge is 2.38. The standard InChI is InChI=1S/C26H31ClN2O5/c1-4-32-25(30)16-33-22-8-9-23-19(14-22)13-21(10-11-28(23)17(2)3)29-15-24(34-26(29)31)18-6-5-7-20(27)12-18/h5-9,12,14,17,21,24H,4,10-11,13,15-16H2,1-3H3/t21?,24-/m0/s1. The third-order valence-electron chi connectivity index (χ3n) is 6.31. The van der Waals surface area contributed by atoms with Gasteiger partial charge < -0.3 is 24.0 Å². The van der Waals surface area contributed by atoms with Crippen molar-refractivity contribution in [1.82, 2.24) is 4.90 Å². The number of amides is 1. The second-order valence-corrected chi connectivity index (χ2v) is 9.33. The maximum atomic E-state index is 12.9.